The summed E-state index contributed by atoms with van der Waals surface area (Å²) in [6.45, 7) is 0. The largest absolute Gasteiger partial charge is 0.382 e. The lowest BCUT2D eigenvalue weighted by Crippen LogP contribution is -1.81. The fourth-order valence-corrected chi connectivity index (χ4v) is 1.38. The van der Waals surface area contributed by atoms with E-state index >= 15 is 0 Å². The van der Waals surface area contributed by atoms with Gasteiger partial charge in [-0.15, -0.1) is 12.4 Å². The Bertz CT molecular complexity index is 410. The van der Waals surface area contributed by atoms with Crippen molar-refractivity contribution in [2.45, 2.75) is 0 Å². The number of hydrogen-bond donors (Lipinski definition) is 2. The van der Waals surface area contributed by atoms with Crippen LogP contribution in [0.1, 0.15) is 0 Å². The van der Waals surface area contributed by atoms with Crippen LogP contribution in [0, 0.1) is 0 Å². The molecule has 3 N–H and O–H groups in total. The number of aromatic nitrogens is 2. The van der Waals surface area contributed by atoms with Gasteiger partial charge in [-0.1, -0.05) is 28.1 Å². The summed E-state index contributed by atoms with van der Waals surface area (Å²) in [5, 5.41) is 6.71. The van der Waals surface area contributed by atoms with E-state index in [-0.39, 0.29) is 12.4 Å². The van der Waals surface area contributed by atoms with Crippen LogP contribution in [0.3, 0.4) is 0 Å². The zero-order chi connectivity index (χ0) is 9.26. The van der Waals surface area contributed by atoms with Gasteiger partial charge < -0.3 is 5.73 Å². The molecule has 0 aliphatic rings. The highest BCUT2D eigenvalue weighted by atomic mass is 79.9. The first-order chi connectivity index (χ1) is 6.25. The molecule has 0 saturated heterocycles. The lowest BCUT2D eigenvalue weighted by Gasteiger charge is -1.95. The predicted octanol–water partition coefficient (Wildman–Crippen LogP) is 2.84. The Labute approximate surface area is 96.2 Å². The van der Waals surface area contributed by atoms with Gasteiger partial charge in [-0.3, -0.25) is 5.10 Å². The first kappa shape index (κ1) is 11.1. The van der Waals surface area contributed by atoms with Crippen LogP contribution in [0.5, 0.6) is 0 Å². The molecule has 0 saturated carbocycles. The Morgan fingerprint density at radius 1 is 1.21 bits per heavy atom. The predicted molar refractivity (Wildman–Crippen MR) is 63.4 cm³/mol. The summed E-state index contributed by atoms with van der Waals surface area (Å²) in [5.74, 6) is 0.512. The highest BCUT2D eigenvalue weighted by molar-refractivity contribution is 9.10. The first-order valence-electron chi connectivity index (χ1n) is 3.82. The quantitative estimate of drug-likeness (QED) is 0.840. The van der Waals surface area contributed by atoms with E-state index in [9.17, 15) is 0 Å². The average Bonchev–Trinajstić information content (AvgIpc) is 2.53. The molecule has 1 aromatic carbocycles. The van der Waals surface area contributed by atoms with Crippen molar-refractivity contribution in [2.24, 2.45) is 0 Å². The standard InChI is InChI=1S/C9H8BrN3.ClH/c10-7-3-1-6(2-4-7)8-5-9(11)13-12-8;/h1-5H,(H3,11,12,13);1H. The van der Waals surface area contributed by atoms with Crippen molar-refractivity contribution in [3.8, 4) is 11.3 Å². The molecule has 2 aromatic rings. The fraction of sp³-hybridized carbons (Fsp3) is 0. The molecule has 0 fully saturated rings. The molecule has 0 aliphatic heterocycles. The molecular formula is C9H9BrClN3. The maximum absolute atomic E-state index is 5.49. The van der Waals surface area contributed by atoms with Gasteiger partial charge in [0.25, 0.3) is 0 Å². The smallest absolute Gasteiger partial charge is 0.145 e. The Balaban J connectivity index is 0.000000980. The van der Waals surface area contributed by atoms with Crippen molar-refractivity contribution in [1.29, 1.82) is 0 Å². The van der Waals surface area contributed by atoms with Gasteiger partial charge in [0, 0.05) is 10.5 Å². The molecule has 2 rings (SSSR count). The molecule has 1 heterocycles. The van der Waals surface area contributed by atoms with Crippen LogP contribution in [0.15, 0.2) is 34.8 Å². The van der Waals surface area contributed by atoms with E-state index in [0.29, 0.717) is 5.82 Å². The summed E-state index contributed by atoms with van der Waals surface area (Å²) in [6, 6.07) is 9.76. The van der Waals surface area contributed by atoms with E-state index in [1.165, 1.54) is 0 Å². The number of aromatic amines is 1. The first-order valence-corrected chi connectivity index (χ1v) is 4.62. The SMILES string of the molecule is Cl.Nc1cc(-c2ccc(Br)cc2)[nH]n1. The number of anilines is 1. The Morgan fingerprint density at radius 2 is 1.86 bits per heavy atom. The van der Waals surface area contributed by atoms with Crippen LogP contribution in [-0.4, -0.2) is 10.2 Å². The molecule has 0 unspecified atom stereocenters. The highest BCUT2D eigenvalue weighted by Crippen LogP contribution is 2.20. The van der Waals surface area contributed by atoms with Crippen LogP contribution in [0.2, 0.25) is 0 Å². The molecule has 0 spiro atoms. The minimum absolute atomic E-state index is 0. The molecule has 0 radical (unpaired) electrons. The number of hydrogen-bond acceptors (Lipinski definition) is 2. The molecule has 3 nitrogen and oxygen atoms in total. The number of nitrogens with zero attached hydrogens (tertiary/aromatic N) is 1. The summed E-state index contributed by atoms with van der Waals surface area (Å²) in [5.41, 5.74) is 7.51. The van der Waals surface area contributed by atoms with Gasteiger partial charge in [-0.25, -0.2) is 0 Å². The van der Waals surface area contributed by atoms with Gasteiger partial charge in [0.1, 0.15) is 5.82 Å². The summed E-state index contributed by atoms with van der Waals surface area (Å²) in [6.07, 6.45) is 0. The van der Waals surface area contributed by atoms with Crippen molar-refractivity contribution in [1.82, 2.24) is 10.2 Å². The second-order valence-electron chi connectivity index (χ2n) is 2.71. The van der Waals surface area contributed by atoms with E-state index in [0.717, 1.165) is 15.7 Å². The Hall–Kier alpha value is -1.00. The number of benzene rings is 1. The van der Waals surface area contributed by atoms with E-state index in [2.05, 4.69) is 26.1 Å². The van der Waals surface area contributed by atoms with Crippen LogP contribution in [0.25, 0.3) is 11.3 Å². The van der Waals surface area contributed by atoms with Crippen LogP contribution < -0.4 is 5.73 Å². The van der Waals surface area contributed by atoms with Gasteiger partial charge in [-0.05, 0) is 17.7 Å². The normalized spacial score (nSPS) is 9.50. The van der Waals surface area contributed by atoms with Gasteiger partial charge in [0.05, 0.1) is 5.69 Å². The van der Waals surface area contributed by atoms with E-state index < -0.39 is 0 Å². The maximum atomic E-state index is 5.49. The number of halogens is 2. The van der Waals surface area contributed by atoms with Crippen LogP contribution in [0.4, 0.5) is 5.82 Å². The zero-order valence-corrected chi connectivity index (χ0v) is 9.60. The van der Waals surface area contributed by atoms with Gasteiger partial charge in [-0.2, -0.15) is 5.10 Å². The molecule has 0 amide bonds. The summed E-state index contributed by atoms with van der Waals surface area (Å²) in [4.78, 5) is 0. The Morgan fingerprint density at radius 3 is 2.36 bits per heavy atom. The summed E-state index contributed by atoms with van der Waals surface area (Å²) < 4.78 is 1.06. The fourth-order valence-electron chi connectivity index (χ4n) is 1.11. The third kappa shape index (κ3) is 2.27. The molecule has 0 aliphatic carbocycles. The van der Waals surface area contributed by atoms with Crippen LogP contribution in [-0.2, 0) is 0 Å². The van der Waals surface area contributed by atoms with Gasteiger partial charge in [0.15, 0.2) is 0 Å². The van der Waals surface area contributed by atoms with E-state index in [4.69, 9.17) is 5.73 Å². The van der Waals surface area contributed by atoms with Crippen LogP contribution >= 0.6 is 28.3 Å². The molecule has 74 valence electrons. The summed E-state index contributed by atoms with van der Waals surface area (Å²) in [7, 11) is 0. The molecule has 1 aromatic heterocycles. The van der Waals surface area contributed by atoms with Crippen molar-refractivity contribution in [3.05, 3.63) is 34.8 Å². The van der Waals surface area contributed by atoms with Crippen molar-refractivity contribution >= 4 is 34.2 Å². The maximum Gasteiger partial charge on any atom is 0.145 e. The van der Waals surface area contributed by atoms with Crippen molar-refractivity contribution in [3.63, 3.8) is 0 Å². The third-order valence-electron chi connectivity index (χ3n) is 1.75. The number of nitrogens with one attached hydrogen (secondary N) is 1. The molecule has 0 atom stereocenters. The lowest BCUT2D eigenvalue weighted by atomic mass is 10.2. The van der Waals surface area contributed by atoms with Gasteiger partial charge in [0.2, 0.25) is 0 Å². The number of rotatable bonds is 1. The Kier molecular flexibility index (Phi) is 3.55. The number of nitrogens with two attached hydrogens (primary N) is 1. The zero-order valence-electron chi connectivity index (χ0n) is 7.20. The lowest BCUT2D eigenvalue weighted by molar-refractivity contribution is 1.10. The molecule has 0 bridgehead atoms. The van der Waals surface area contributed by atoms with E-state index in [1.54, 1.807) is 0 Å². The molecular weight excluding hydrogens is 265 g/mol. The topological polar surface area (TPSA) is 54.7 Å². The summed E-state index contributed by atoms with van der Waals surface area (Å²) >= 11 is 3.37. The molecule has 5 heteroatoms. The highest BCUT2D eigenvalue weighted by Gasteiger charge is 1.99. The number of H-pyrrole nitrogens is 1. The second kappa shape index (κ2) is 4.48. The monoisotopic (exact) mass is 273 g/mol. The minimum Gasteiger partial charge on any atom is -0.382 e. The van der Waals surface area contributed by atoms with E-state index in [1.807, 2.05) is 30.3 Å². The average molecular weight is 275 g/mol. The molecule has 14 heavy (non-hydrogen) atoms. The van der Waals surface area contributed by atoms with Gasteiger partial charge >= 0.3 is 0 Å². The second-order valence-corrected chi connectivity index (χ2v) is 3.63. The number of nitrogen functional groups attached to an aromatic ring is 1. The van der Waals surface area contributed by atoms with Crippen molar-refractivity contribution < 1.29 is 0 Å². The third-order valence-corrected chi connectivity index (χ3v) is 2.28. The minimum atomic E-state index is 0. The van der Waals surface area contributed by atoms with Crippen molar-refractivity contribution in [2.75, 3.05) is 5.73 Å².